The lowest BCUT2D eigenvalue weighted by atomic mass is 10.2. The lowest BCUT2D eigenvalue weighted by molar-refractivity contribution is -0.149. The standard InChI is InChI=1S/C13H24N2O5/c1-6-15(9(2)11(17)18)10(16)7-8-14-12(19)20-13(3,4)5/h9H,6-8H2,1-5H3,(H,14,19)(H,17,18)/t9-/m0/s1. The van der Waals surface area contributed by atoms with Crippen molar-refractivity contribution in [3.05, 3.63) is 0 Å². The minimum absolute atomic E-state index is 0.0324. The number of amides is 2. The van der Waals surface area contributed by atoms with Gasteiger partial charge in [-0.15, -0.1) is 0 Å². The van der Waals surface area contributed by atoms with Crippen LogP contribution in [-0.2, 0) is 14.3 Å². The summed E-state index contributed by atoms with van der Waals surface area (Å²) < 4.78 is 5.02. The Balaban J connectivity index is 4.21. The van der Waals surface area contributed by atoms with Crippen LogP contribution in [0.2, 0.25) is 0 Å². The summed E-state index contributed by atoms with van der Waals surface area (Å²) in [4.78, 5) is 35.3. The minimum Gasteiger partial charge on any atom is -0.480 e. The maximum absolute atomic E-state index is 11.9. The molecule has 0 unspecified atom stereocenters. The quantitative estimate of drug-likeness (QED) is 0.766. The van der Waals surface area contributed by atoms with Gasteiger partial charge in [0.25, 0.3) is 0 Å². The summed E-state index contributed by atoms with van der Waals surface area (Å²) in [5.41, 5.74) is -0.596. The predicted molar refractivity (Wildman–Crippen MR) is 73.3 cm³/mol. The highest BCUT2D eigenvalue weighted by Crippen LogP contribution is 2.06. The van der Waals surface area contributed by atoms with Crippen LogP contribution in [-0.4, -0.2) is 52.7 Å². The molecule has 0 aromatic rings. The Bertz CT molecular complexity index is 362. The first-order valence-corrected chi connectivity index (χ1v) is 6.57. The van der Waals surface area contributed by atoms with Crippen molar-refractivity contribution >= 4 is 18.0 Å². The Morgan fingerprint density at radius 3 is 2.25 bits per heavy atom. The van der Waals surface area contributed by atoms with E-state index < -0.39 is 23.7 Å². The lowest BCUT2D eigenvalue weighted by Gasteiger charge is -2.25. The number of rotatable bonds is 6. The number of carboxylic acid groups (broad SMARTS) is 1. The van der Waals surface area contributed by atoms with Gasteiger partial charge in [0.15, 0.2) is 0 Å². The van der Waals surface area contributed by atoms with Gasteiger partial charge in [-0.1, -0.05) is 0 Å². The topological polar surface area (TPSA) is 95.9 Å². The number of nitrogens with one attached hydrogen (secondary N) is 1. The Morgan fingerprint density at radius 1 is 1.30 bits per heavy atom. The molecule has 0 saturated carbocycles. The molecule has 116 valence electrons. The van der Waals surface area contributed by atoms with Crippen molar-refractivity contribution in [1.29, 1.82) is 0 Å². The zero-order valence-electron chi connectivity index (χ0n) is 12.7. The molecular weight excluding hydrogens is 264 g/mol. The Kier molecular flexibility index (Phi) is 7.02. The molecule has 0 saturated heterocycles. The van der Waals surface area contributed by atoms with Gasteiger partial charge in [-0.2, -0.15) is 0 Å². The van der Waals surface area contributed by atoms with E-state index in [1.807, 2.05) is 0 Å². The number of hydrogen-bond donors (Lipinski definition) is 2. The highest BCUT2D eigenvalue weighted by atomic mass is 16.6. The van der Waals surface area contributed by atoms with E-state index in [4.69, 9.17) is 9.84 Å². The summed E-state index contributed by atoms with van der Waals surface area (Å²) in [6, 6.07) is -0.881. The Hall–Kier alpha value is -1.79. The van der Waals surface area contributed by atoms with Crippen LogP contribution < -0.4 is 5.32 Å². The van der Waals surface area contributed by atoms with Crippen molar-refractivity contribution < 1.29 is 24.2 Å². The van der Waals surface area contributed by atoms with E-state index >= 15 is 0 Å². The fraction of sp³-hybridized carbons (Fsp3) is 0.769. The third-order valence-corrected chi connectivity index (χ3v) is 2.49. The first-order chi connectivity index (χ1) is 9.08. The van der Waals surface area contributed by atoms with Crippen LogP contribution in [0, 0.1) is 0 Å². The molecule has 0 aromatic heterocycles. The molecule has 20 heavy (non-hydrogen) atoms. The number of likely N-dealkylation sites (N-methyl/N-ethyl adjacent to an activating group) is 1. The van der Waals surface area contributed by atoms with Gasteiger partial charge in [0.1, 0.15) is 11.6 Å². The zero-order valence-corrected chi connectivity index (χ0v) is 12.7. The Labute approximate surface area is 119 Å². The first-order valence-electron chi connectivity index (χ1n) is 6.57. The van der Waals surface area contributed by atoms with Gasteiger partial charge in [-0.3, -0.25) is 4.79 Å². The number of carbonyl (C=O) groups is 3. The summed E-state index contributed by atoms with van der Waals surface area (Å²) in [6.45, 7) is 8.79. The van der Waals surface area contributed by atoms with E-state index in [1.54, 1.807) is 27.7 Å². The summed E-state index contributed by atoms with van der Waals surface area (Å²) in [5.74, 6) is -1.38. The maximum Gasteiger partial charge on any atom is 0.407 e. The monoisotopic (exact) mass is 288 g/mol. The number of aliphatic carboxylic acids is 1. The van der Waals surface area contributed by atoms with Gasteiger partial charge >= 0.3 is 12.1 Å². The molecule has 0 fully saturated rings. The van der Waals surface area contributed by atoms with Gasteiger partial charge in [0.2, 0.25) is 5.91 Å². The molecule has 2 amide bonds. The van der Waals surface area contributed by atoms with E-state index in [0.717, 1.165) is 0 Å². The Morgan fingerprint density at radius 2 is 1.85 bits per heavy atom. The minimum atomic E-state index is -1.06. The van der Waals surface area contributed by atoms with Crippen molar-refractivity contribution in [3.63, 3.8) is 0 Å². The van der Waals surface area contributed by atoms with Crippen LogP contribution in [0.15, 0.2) is 0 Å². The SMILES string of the molecule is CCN(C(=O)CCNC(=O)OC(C)(C)C)[C@@H](C)C(=O)O. The second-order valence-corrected chi connectivity index (χ2v) is 5.37. The largest absolute Gasteiger partial charge is 0.480 e. The van der Waals surface area contributed by atoms with Gasteiger partial charge in [0.05, 0.1) is 0 Å². The third-order valence-electron chi connectivity index (χ3n) is 2.49. The van der Waals surface area contributed by atoms with Gasteiger partial charge in [-0.25, -0.2) is 9.59 Å². The fourth-order valence-electron chi connectivity index (χ4n) is 1.53. The molecule has 7 heteroatoms. The van der Waals surface area contributed by atoms with E-state index in [-0.39, 0.29) is 18.9 Å². The number of carbonyl (C=O) groups excluding carboxylic acids is 2. The normalized spacial score (nSPS) is 12.4. The van der Waals surface area contributed by atoms with Crippen LogP contribution >= 0.6 is 0 Å². The smallest absolute Gasteiger partial charge is 0.407 e. The number of nitrogens with zero attached hydrogens (tertiary/aromatic N) is 1. The average Bonchev–Trinajstić information content (AvgIpc) is 2.27. The van der Waals surface area contributed by atoms with Crippen molar-refractivity contribution in [3.8, 4) is 0 Å². The summed E-state index contributed by atoms with van der Waals surface area (Å²) in [5, 5.41) is 11.4. The molecule has 0 aliphatic rings. The highest BCUT2D eigenvalue weighted by molar-refractivity contribution is 5.83. The van der Waals surface area contributed by atoms with E-state index in [1.165, 1.54) is 11.8 Å². The van der Waals surface area contributed by atoms with Crippen molar-refractivity contribution in [2.45, 2.75) is 52.7 Å². The molecule has 0 heterocycles. The molecule has 1 atom stereocenters. The average molecular weight is 288 g/mol. The van der Waals surface area contributed by atoms with Crippen LogP contribution in [0.1, 0.15) is 41.0 Å². The van der Waals surface area contributed by atoms with E-state index in [9.17, 15) is 14.4 Å². The number of hydrogen-bond acceptors (Lipinski definition) is 4. The van der Waals surface area contributed by atoms with Gasteiger partial charge in [0, 0.05) is 19.5 Å². The molecule has 0 radical (unpaired) electrons. The fourth-order valence-corrected chi connectivity index (χ4v) is 1.53. The van der Waals surface area contributed by atoms with Crippen LogP contribution in [0.3, 0.4) is 0 Å². The van der Waals surface area contributed by atoms with Crippen LogP contribution in [0.5, 0.6) is 0 Å². The lowest BCUT2D eigenvalue weighted by Crippen LogP contribution is -2.44. The van der Waals surface area contributed by atoms with Crippen LogP contribution in [0.4, 0.5) is 4.79 Å². The molecule has 0 aromatic carbocycles. The molecular formula is C13H24N2O5. The molecule has 0 aliphatic carbocycles. The number of ether oxygens (including phenoxy) is 1. The summed E-state index contributed by atoms with van der Waals surface area (Å²) in [6.07, 6.45) is -0.565. The summed E-state index contributed by atoms with van der Waals surface area (Å²) >= 11 is 0. The highest BCUT2D eigenvalue weighted by Gasteiger charge is 2.23. The molecule has 0 aliphatic heterocycles. The first kappa shape index (κ1) is 18.2. The zero-order chi connectivity index (χ0) is 15.9. The van der Waals surface area contributed by atoms with E-state index in [0.29, 0.717) is 6.54 Å². The second-order valence-electron chi connectivity index (χ2n) is 5.37. The predicted octanol–water partition coefficient (Wildman–Crippen LogP) is 1.22. The molecule has 0 rings (SSSR count). The summed E-state index contributed by atoms with van der Waals surface area (Å²) in [7, 11) is 0. The number of alkyl carbamates (subject to hydrolysis) is 1. The molecule has 2 N–H and O–H groups in total. The van der Waals surface area contributed by atoms with Crippen molar-refractivity contribution in [2.24, 2.45) is 0 Å². The molecule has 0 spiro atoms. The van der Waals surface area contributed by atoms with Crippen LogP contribution in [0.25, 0.3) is 0 Å². The third kappa shape index (κ3) is 6.96. The van der Waals surface area contributed by atoms with Crippen molar-refractivity contribution in [1.82, 2.24) is 10.2 Å². The molecule has 7 nitrogen and oxygen atoms in total. The second kappa shape index (κ2) is 7.72. The van der Waals surface area contributed by atoms with Gasteiger partial charge < -0.3 is 20.1 Å². The van der Waals surface area contributed by atoms with Gasteiger partial charge in [-0.05, 0) is 34.6 Å². The van der Waals surface area contributed by atoms with E-state index in [2.05, 4.69) is 5.32 Å². The van der Waals surface area contributed by atoms with Crippen molar-refractivity contribution in [2.75, 3.05) is 13.1 Å². The maximum atomic E-state index is 11.9. The number of carboxylic acids is 1. The molecule has 0 bridgehead atoms.